The van der Waals surface area contributed by atoms with Gasteiger partial charge in [0.15, 0.2) is 5.13 Å². The summed E-state index contributed by atoms with van der Waals surface area (Å²) in [6, 6.07) is 3.83. The van der Waals surface area contributed by atoms with Crippen molar-refractivity contribution in [2.75, 3.05) is 25.0 Å². The number of hydrogen-bond acceptors (Lipinski definition) is 6. The van der Waals surface area contributed by atoms with Gasteiger partial charge in [0, 0.05) is 18.8 Å². The topological polar surface area (TPSA) is 87.5 Å². The Morgan fingerprint density at radius 1 is 1.42 bits per heavy atom. The number of aromatic nitrogens is 1. The summed E-state index contributed by atoms with van der Waals surface area (Å²) >= 11 is 1.23. The summed E-state index contributed by atoms with van der Waals surface area (Å²) in [6.07, 6.45) is 3.98. The molecule has 0 bridgehead atoms. The quantitative estimate of drug-likeness (QED) is 0.836. The molecule has 128 valence electrons. The third-order valence-electron chi connectivity index (χ3n) is 3.93. The van der Waals surface area contributed by atoms with Crippen molar-refractivity contribution in [2.45, 2.75) is 25.8 Å². The van der Waals surface area contributed by atoms with E-state index in [1.165, 1.54) is 18.3 Å². The van der Waals surface area contributed by atoms with Gasteiger partial charge in [-0.2, -0.15) is 0 Å². The molecule has 1 atom stereocenters. The van der Waals surface area contributed by atoms with Crippen molar-refractivity contribution in [3.05, 3.63) is 35.2 Å². The van der Waals surface area contributed by atoms with Crippen molar-refractivity contribution < 1.29 is 14.0 Å². The summed E-state index contributed by atoms with van der Waals surface area (Å²) in [7, 11) is 0. The summed E-state index contributed by atoms with van der Waals surface area (Å²) in [4.78, 5) is 29.8. The second-order valence-electron chi connectivity index (χ2n) is 5.70. The van der Waals surface area contributed by atoms with Gasteiger partial charge in [0.1, 0.15) is 11.5 Å². The molecule has 1 saturated heterocycles. The highest BCUT2D eigenvalue weighted by Crippen LogP contribution is 2.25. The molecule has 2 amide bonds. The van der Waals surface area contributed by atoms with Gasteiger partial charge in [-0.25, -0.2) is 4.98 Å². The Morgan fingerprint density at radius 2 is 2.21 bits per heavy atom. The van der Waals surface area contributed by atoms with Crippen LogP contribution in [0.4, 0.5) is 5.13 Å². The molecule has 0 spiro atoms. The van der Waals surface area contributed by atoms with Crippen LogP contribution >= 0.6 is 11.3 Å². The van der Waals surface area contributed by atoms with Gasteiger partial charge in [-0.05, 0) is 38.1 Å². The molecule has 7 nitrogen and oxygen atoms in total. The lowest BCUT2D eigenvalue weighted by atomic mass is 10.2. The average Bonchev–Trinajstić information content (AvgIpc) is 3.29. The monoisotopic (exact) mass is 348 g/mol. The first-order valence-electron chi connectivity index (χ1n) is 7.92. The number of carbonyl (C=O) groups is 2. The molecule has 8 heteroatoms. The van der Waals surface area contributed by atoms with E-state index in [0.29, 0.717) is 17.4 Å². The SMILES string of the molecule is CC(=O)Nc1nc(C(=O)NC[C@H](c2ccco2)N2CCCC2)cs1. The molecule has 0 aliphatic carbocycles. The third kappa shape index (κ3) is 4.01. The Morgan fingerprint density at radius 3 is 2.88 bits per heavy atom. The maximum atomic E-state index is 12.3. The lowest BCUT2D eigenvalue weighted by molar-refractivity contribution is -0.114. The Balaban J connectivity index is 1.62. The number of rotatable bonds is 6. The predicted molar refractivity (Wildman–Crippen MR) is 91.0 cm³/mol. The number of furan rings is 1. The summed E-state index contributed by atoms with van der Waals surface area (Å²) in [5.74, 6) is 0.399. The lowest BCUT2D eigenvalue weighted by Crippen LogP contribution is -2.36. The predicted octanol–water partition coefficient (Wildman–Crippen LogP) is 2.26. The fourth-order valence-electron chi connectivity index (χ4n) is 2.81. The van der Waals surface area contributed by atoms with Gasteiger partial charge in [0.25, 0.3) is 5.91 Å². The highest BCUT2D eigenvalue weighted by Gasteiger charge is 2.26. The van der Waals surface area contributed by atoms with Gasteiger partial charge in [0.05, 0.1) is 12.3 Å². The summed E-state index contributed by atoms with van der Waals surface area (Å²) < 4.78 is 5.54. The summed E-state index contributed by atoms with van der Waals surface area (Å²) in [5, 5.41) is 7.56. The number of anilines is 1. The molecule has 2 N–H and O–H groups in total. The number of carbonyl (C=O) groups excluding carboxylic acids is 2. The molecule has 1 aliphatic rings. The molecule has 1 aliphatic heterocycles. The maximum absolute atomic E-state index is 12.3. The zero-order valence-electron chi connectivity index (χ0n) is 13.4. The number of nitrogens with one attached hydrogen (secondary N) is 2. The van der Waals surface area contributed by atoms with Crippen LogP contribution in [0.15, 0.2) is 28.2 Å². The van der Waals surface area contributed by atoms with E-state index in [1.54, 1.807) is 11.6 Å². The minimum Gasteiger partial charge on any atom is -0.468 e. The van der Waals surface area contributed by atoms with Gasteiger partial charge in [0.2, 0.25) is 5.91 Å². The highest BCUT2D eigenvalue weighted by atomic mass is 32.1. The van der Waals surface area contributed by atoms with Crippen LogP contribution < -0.4 is 10.6 Å². The fraction of sp³-hybridized carbons (Fsp3) is 0.438. The van der Waals surface area contributed by atoms with Crippen LogP contribution in [0.5, 0.6) is 0 Å². The lowest BCUT2D eigenvalue weighted by Gasteiger charge is -2.25. The van der Waals surface area contributed by atoms with Gasteiger partial charge in [-0.1, -0.05) is 0 Å². The normalized spacial score (nSPS) is 16.0. The molecule has 3 rings (SSSR count). The van der Waals surface area contributed by atoms with Crippen LogP contribution in [-0.2, 0) is 4.79 Å². The maximum Gasteiger partial charge on any atom is 0.270 e. The van der Waals surface area contributed by atoms with Crippen molar-refractivity contribution in [1.29, 1.82) is 0 Å². The molecule has 3 heterocycles. The minimum absolute atomic E-state index is 0.0277. The first kappa shape index (κ1) is 16.7. The van der Waals surface area contributed by atoms with Crippen molar-refractivity contribution >= 4 is 28.3 Å². The Bertz CT molecular complexity index is 692. The van der Waals surface area contributed by atoms with E-state index in [9.17, 15) is 9.59 Å². The molecular weight excluding hydrogens is 328 g/mol. The van der Waals surface area contributed by atoms with Crippen molar-refractivity contribution in [1.82, 2.24) is 15.2 Å². The van der Waals surface area contributed by atoms with Crippen LogP contribution in [0.3, 0.4) is 0 Å². The highest BCUT2D eigenvalue weighted by molar-refractivity contribution is 7.14. The Hall–Kier alpha value is -2.19. The Kier molecular flexibility index (Phi) is 5.27. The summed E-state index contributed by atoms with van der Waals surface area (Å²) in [6.45, 7) is 3.87. The molecule has 1 fully saturated rings. The van der Waals surface area contributed by atoms with Crippen LogP contribution in [0.1, 0.15) is 42.1 Å². The molecule has 0 aromatic carbocycles. The fourth-order valence-corrected chi connectivity index (χ4v) is 3.55. The number of likely N-dealkylation sites (tertiary alicyclic amines) is 1. The van der Waals surface area contributed by atoms with Crippen molar-refractivity contribution in [3.8, 4) is 0 Å². The van der Waals surface area contributed by atoms with E-state index in [0.717, 1.165) is 31.7 Å². The van der Waals surface area contributed by atoms with E-state index < -0.39 is 0 Å². The zero-order valence-corrected chi connectivity index (χ0v) is 14.3. The van der Waals surface area contributed by atoms with Gasteiger partial charge in [-0.15, -0.1) is 11.3 Å². The standard InChI is InChI=1S/C16H20N4O3S/c1-11(21)18-16-19-12(10-24-16)15(22)17-9-13(14-5-4-8-23-14)20-6-2-3-7-20/h4-5,8,10,13H,2-3,6-7,9H2,1H3,(H,17,22)(H,18,19,21)/t13-/m1/s1. The minimum atomic E-state index is -0.251. The molecule has 0 unspecified atom stereocenters. The Labute approximate surface area is 144 Å². The second-order valence-corrected chi connectivity index (χ2v) is 6.56. The zero-order chi connectivity index (χ0) is 16.9. The first-order valence-corrected chi connectivity index (χ1v) is 8.80. The van der Waals surface area contributed by atoms with Crippen LogP contribution in [0, 0.1) is 0 Å². The van der Waals surface area contributed by atoms with E-state index in [1.807, 2.05) is 12.1 Å². The number of thiazole rings is 1. The smallest absolute Gasteiger partial charge is 0.270 e. The van der Waals surface area contributed by atoms with Gasteiger partial charge in [-0.3, -0.25) is 14.5 Å². The van der Waals surface area contributed by atoms with E-state index in [4.69, 9.17) is 4.42 Å². The molecule has 0 saturated carbocycles. The van der Waals surface area contributed by atoms with Gasteiger partial charge < -0.3 is 15.1 Å². The van der Waals surface area contributed by atoms with Crippen LogP contribution in [0.25, 0.3) is 0 Å². The van der Waals surface area contributed by atoms with Gasteiger partial charge >= 0.3 is 0 Å². The number of hydrogen-bond donors (Lipinski definition) is 2. The largest absolute Gasteiger partial charge is 0.468 e. The number of nitrogens with zero attached hydrogens (tertiary/aromatic N) is 2. The molecule has 24 heavy (non-hydrogen) atoms. The molecule has 2 aromatic heterocycles. The average molecular weight is 348 g/mol. The van der Waals surface area contributed by atoms with Crippen LogP contribution in [-0.4, -0.2) is 41.3 Å². The third-order valence-corrected chi connectivity index (χ3v) is 4.69. The van der Waals surface area contributed by atoms with Crippen LogP contribution in [0.2, 0.25) is 0 Å². The van der Waals surface area contributed by atoms with Crippen molar-refractivity contribution in [2.24, 2.45) is 0 Å². The van der Waals surface area contributed by atoms with E-state index >= 15 is 0 Å². The second kappa shape index (κ2) is 7.59. The van der Waals surface area contributed by atoms with Crippen molar-refractivity contribution in [3.63, 3.8) is 0 Å². The molecular formula is C16H20N4O3S. The first-order chi connectivity index (χ1) is 11.6. The molecule has 0 radical (unpaired) electrons. The molecule has 2 aromatic rings. The van der Waals surface area contributed by atoms with E-state index in [2.05, 4.69) is 20.5 Å². The number of amides is 2. The van der Waals surface area contributed by atoms with E-state index in [-0.39, 0.29) is 17.9 Å². The summed E-state index contributed by atoms with van der Waals surface area (Å²) in [5.41, 5.74) is 0.309.